The minimum absolute atomic E-state index is 0.152. The molecule has 1 fully saturated rings. The van der Waals surface area contributed by atoms with E-state index in [0.717, 1.165) is 32.4 Å². The average Bonchev–Trinajstić information content (AvgIpc) is 2.65. The zero-order chi connectivity index (χ0) is 11.3. The molecule has 0 spiro atoms. The molecule has 1 heterocycles. The summed E-state index contributed by atoms with van der Waals surface area (Å²) in [6.07, 6.45) is 3.47. The van der Waals surface area contributed by atoms with Crippen LogP contribution >= 0.6 is 12.2 Å². The summed E-state index contributed by atoms with van der Waals surface area (Å²) in [4.78, 5) is 13.7. The van der Waals surface area contributed by atoms with Crippen LogP contribution in [0.25, 0.3) is 0 Å². The SMILES string of the molecule is COC(=O)CCCN1CCCC1C(N)=S. The summed E-state index contributed by atoms with van der Waals surface area (Å²) >= 11 is 5.00. The highest BCUT2D eigenvalue weighted by Crippen LogP contribution is 2.17. The number of esters is 1. The number of nitrogens with two attached hydrogens (primary N) is 1. The van der Waals surface area contributed by atoms with E-state index in [1.165, 1.54) is 7.11 Å². The van der Waals surface area contributed by atoms with Gasteiger partial charge in [0.15, 0.2) is 0 Å². The van der Waals surface area contributed by atoms with E-state index in [1.54, 1.807) is 0 Å². The highest BCUT2D eigenvalue weighted by Gasteiger charge is 2.25. The lowest BCUT2D eigenvalue weighted by atomic mass is 10.2. The van der Waals surface area contributed by atoms with E-state index < -0.39 is 0 Å². The van der Waals surface area contributed by atoms with Crippen molar-refractivity contribution in [1.82, 2.24) is 4.90 Å². The van der Waals surface area contributed by atoms with Crippen LogP contribution in [0.5, 0.6) is 0 Å². The number of hydrogen-bond donors (Lipinski definition) is 1. The molecule has 2 N–H and O–H groups in total. The summed E-state index contributed by atoms with van der Waals surface area (Å²) in [5.41, 5.74) is 5.64. The molecular formula is C10H18N2O2S. The number of likely N-dealkylation sites (tertiary alicyclic amines) is 1. The Kier molecular flexibility index (Phi) is 4.98. The summed E-state index contributed by atoms with van der Waals surface area (Å²) in [7, 11) is 1.41. The quantitative estimate of drug-likeness (QED) is 0.556. The molecule has 86 valence electrons. The summed E-state index contributed by atoms with van der Waals surface area (Å²) in [5, 5.41) is 0. The first kappa shape index (κ1) is 12.4. The molecule has 1 unspecified atom stereocenters. The van der Waals surface area contributed by atoms with Crippen molar-refractivity contribution in [3.8, 4) is 0 Å². The maximum atomic E-state index is 10.9. The molecule has 4 nitrogen and oxygen atoms in total. The fourth-order valence-electron chi connectivity index (χ4n) is 1.94. The number of hydrogen-bond acceptors (Lipinski definition) is 4. The van der Waals surface area contributed by atoms with Crippen LogP contribution in [-0.2, 0) is 9.53 Å². The van der Waals surface area contributed by atoms with Gasteiger partial charge in [-0.1, -0.05) is 12.2 Å². The summed E-state index contributed by atoms with van der Waals surface area (Å²) in [6.45, 7) is 1.90. The molecule has 0 aromatic rings. The van der Waals surface area contributed by atoms with Gasteiger partial charge in [0.1, 0.15) is 0 Å². The number of thiocarbonyl (C=S) groups is 1. The molecule has 0 bridgehead atoms. The monoisotopic (exact) mass is 230 g/mol. The van der Waals surface area contributed by atoms with E-state index >= 15 is 0 Å². The molecule has 0 aromatic carbocycles. The van der Waals surface area contributed by atoms with E-state index in [-0.39, 0.29) is 12.0 Å². The van der Waals surface area contributed by atoms with Gasteiger partial charge < -0.3 is 10.5 Å². The first-order valence-electron chi connectivity index (χ1n) is 5.25. The molecule has 0 aromatic heterocycles. The summed E-state index contributed by atoms with van der Waals surface area (Å²) in [5.74, 6) is -0.152. The van der Waals surface area contributed by atoms with Crippen molar-refractivity contribution in [2.45, 2.75) is 31.7 Å². The Morgan fingerprint density at radius 2 is 2.40 bits per heavy atom. The van der Waals surface area contributed by atoms with Gasteiger partial charge in [-0.3, -0.25) is 9.69 Å². The van der Waals surface area contributed by atoms with Crippen molar-refractivity contribution in [2.75, 3.05) is 20.2 Å². The van der Waals surface area contributed by atoms with E-state index in [4.69, 9.17) is 18.0 Å². The van der Waals surface area contributed by atoms with Crippen LogP contribution in [0.2, 0.25) is 0 Å². The third-order valence-corrected chi connectivity index (χ3v) is 3.02. The lowest BCUT2D eigenvalue weighted by Crippen LogP contribution is -2.39. The van der Waals surface area contributed by atoms with Gasteiger partial charge in [-0.25, -0.2) is 0 Å². The Morgan fingerprint density at radius 3 is 3.00 bits per heavy atom. The number of carbonyl (C=O) groups is 1. The number of carbonyl (C=O) groups excluding carboxylic acids is 1. The molecule has 1 rings (SSSR count). The highest BCUT2D eigenvalue weighted by atomic mass is 32.1. The molecule has 15 heavy (non-hydrogen) atoms. The minimum Gasteiger partial charge on any atom is -0.469 e. The van der Waals surface area contributed by atoms with Gasteiger partial charge in [0.25, 0.3) is 0 Å². The van der Waals surface area contributed by atoms with Gasteiger partial charge in [0.2, 0.25) is 0 Å². The molecule has 0 amide bonds. The van der Waals surface area contributed by atoms with Crippen LogP contribution < -0.4 is 5.73 Å². The molecule has 0 saturated carbocycles. The third-order valence-electron chi connectivity index (χ3n) is 2.75. The predicted octanol–water partition coefficient (Wildman–Crippen LogP) is 0.690. The Bertz CT molecular complexity index is 246. The van der Waals surface area contributed by atoms with Crippen molar-refractivity contribution in [2.24, 2.45) is 5.73 Å². The minimum atomic E-state index is -0.152. The number of methoxy groups -OCH3 is 1. The van der Waals surface area contributed by atoms with E-state index in [1.807, 2.05) is 0 Å². The van der Waals surface area contributed by atoms with E-state index in [0.29, 0.717) is 11.4 Å². The van der Waals surface area contributed by atoms with Gasteiger partial charge in [-0.05, 0) is 32.4 Å². The maximum Gasteiger partial charge on any atom is 0.305 e. The largest absolute Gasteiger partial charge is 0.469 e. The maximum absolute atomic E-state index is 10.9. The fourth-order valence-corrected chi connectivity index (χ4v) is 2.21. The number of nitrogens with zero attached hydrogens (tertiary/aromatic N) is 1. The molecule has 1 atom stereocenters. The van der Waals surface area contributed by atoms with Crippen LogP contribution in [-0.4, -0.2) is 42.1 Å². The second-order valence-electron chi connectivity index (χ2n) is 3.78. The van der Waals surface area contributed by atoms with Crippen molar-refractivity contribution < 1.29 is 9.53 Å². The first-order chi connectivity index (χ1) is 7.15. The second-order valence-corrected chi connectivity index (χ2v) is 4.25. The number of rotatable bonds is 5. The lowest BCUT2D eigenvalue weighted by molar-refractivity contribution is -0.140. The van der Waals surface area contributed by atoms with Gasteiger partial charge in [0.05, 0.1) is 18.1 Å². The molecule has 0 radical (unpaired) electrons. The normalized spacial score (nSPS) is 21.5. The topological polar surface area (TPSA) is 55.6 Å². The van der Waals surface area contributed by atoms with Gasteiger partial charge in [-0.15, -0.1) is 0 Å². The Labute approximate surface area is 95.8 Å². The Hall–Kier alpha value is -0.680. The van der Waals surface area contributed by atoms with E-state index in [2.05, 4.69) is 9.64 Å². The van der Waals surface area contributed by atoms with Crippen molar-refractivity contribution in [3.05, 3.63) is 0 Å². The van der Waals surface area contributed by atoms with Crippen LogP contribution in [0.1, 0.15) is 25.7 Å². The van der Waals surface area contributed by atoms with Crippen molar-refractivity contribution in [3.63, 3.8) is 0 Å². The third kappa shape index (κ3) is 3.76. The van der Waals surface area contributed by atoms with Crippen LogP contribution in [0.15, 0.2) is 0 Å². The summed E-state index contributed by atoms with van der Waals surface area (Å²) in [6, 6.07) is 0.234. The van der Waals surface area contributed by atoms with Crippen LogP contribution in [0, 0.1) is 0 Å². The van der Waals surface area contributed by atoms with Crippen LogP contribution in [0.3, 0.4) is 0 Å². The van der Waals surface area contributed by atoms with Crippen molar-refractivity contribution in [1.29, 1.82) is 0 Å². The van der Waals surface area contributed by atoms with Gasteiger partial charge >= 0.3 is 5.97 Å². The first-order valence-corrected chi connectivity index (χ1v) is 5.66. The fraction of sp³-hybridized carbons (Fsp3) is 0.800. The Morgan fingerprint density at radius 1 is 1.67 bits per heavy atom. The predicted molar refractivity (Wildman–Crippen MR) is 62.6 cm³/mol. The highest BCUT2D eigenvalue weighted by molar-refractivity contribution is 7.80. The molecule has 1 aliphatic rings. The Balaban J connectivity index is 2.26. The molecule has 5 heteroatoms. The van der Waals surface area contributed by atoms with E-state index in [9.17, 15) is 4.79 Å². The van der Waals surface area contributed by atoms with Gasteiger partial charge in [-0.2, -0.15) is 0 Å². The molecule has 1 aliphatic heterocycles. The molecule has 0 aliphatic carbocycles. The van der Waals surface area contributed by atoms with Gasteiger partial charge in [0, 0.05) is 6.42 Å². The van der Waals surface area contributed by atoms with Crippen LogP contribution in [0.4, 0.5) is 0 Å². The zero-order valence-corrected chi connectivity index (χ0v) is 9.89. The smallest absolute Gasteiger partial charge is 0.305 e. The number of ether oxygens (including phenoxy) is 1. The standard InChI is InChI=1S/C10H18N2O2S/c1-14-9(13)5-3-7-12-6-2-4-8(12)10(11)15/h8H,2-7H2,1H3,(H2,11,15). The zero-order valence-electron chi connectivity index (χ0n) is 9.07. The molecular weight excluding hydrogens is 212 g/mol. The lowest BCUT2D eigenvalue weighted by Gasteiger charge is -2.22. The second kappa shape index (κ2) is 6.02. The molecule has 1 saturated heterocycles. The van der Waals surface area contributed by atoms with Crippen molar-refractivity contribution >= 4 is 23.2 Å². The summed E-state index contributed by atoms with van der Waals surface area (Å²) < 4.78 is 4.58. The average molecular weight is 230 g/mol.